The molecule has 1 aromatic rings. The van der Waals surface area contributed by atoms with Gasteiger partial charge in [-0.2, -0.15) is 4.98 Å². The number of nitrogens with zero attached hydrogens (tertiary/aromatic N) is 3. The van der Waals surface area contributed by atoms with Crippen LogP contribution in [0.3, 0.4) is 0 Å². The average Bonchev–Trinajstić information content (AvgIpc) is 2.90. The first-order valence-corrected chi connectivity index (χ1v) is 7.93. The maximum absolute atomic E-state index is 5.09. The zero-order valence-electron chi connectivity index (χ0n) is 13.8. The summed E-state index contributed by atoms with van der Waals surface area (Å²) in [6.45, 7) is 5.02. The third-order valence-electron chi connectivity index (χ3n) is 4.01. The van der Waals surface area contributed by atoms with E-state index in [9.17, 15) is 0 Å². The molecule has 0 amide bonds. The number of halogens is 1. The Kier molecular flexibility index (Phi) is 8.74. The molecule has 1 aliphatic rings. The highest BCUT2D eigenvalue weighted by molar-refractivity contribution is 14.0. The summed E-state index contributed by atoms with van der Waals surface area (Å²) in [6.07, 6.45) is 6.85. The smallest absolute Gasteiger partial charge is 0.226 e. The zero-order valence-corrected chi connectivity index (χ0v) is 16.1. The Hall–Kier alpha value is -0.860. The van der Waals surface area contributed by atoms with Gasteiger partial charge in [0.05, 0.1) is 0 Å². The lowest BCUT2D eigenvalue weighted by Gasteiger charge is -2.28. The van der Waals surface area contributed by atoms with Crippen LogP contribution >= 0.6 is 24.0 Å². The SMILES string of the molecule is CN=C(NCCCc1nc(C)no1)NC1CCC(C)CC1.I. The predicted octanol–water partition coefficient (Wildman–Crippen LogP) is 2.67. The first-order valence-electron chi connectivity index (χ1n) is 7.93. The van der Waals surface area contributed by atoms with Gasteiger partial charge in [-0.1, -0.05) is 12.1 Å². The van der Waals surface area contributed by atoms with Crippen LogP contribution in [-0.4, -0.2) is 35.7 Å². The number of hydrogen-bond acceptors (Lipinski definition) is 4. The van der Waals surface area contributed by atoms with Crippen molar-refractivity contribution in [3.8, 4) is 0 Å². The summed E-state index contributed by atoms with van der Waals surface area (Å²) in [5, 5.41) is 10.7. The Morgan fingerprint density at radius 3 is 2.64 bits per heavy atom. The predicted molar refractivity (Wildman–Crippen MR) is 98.7 cm³/mol. The average molecular weight is 421 g/mol. The number of hydrogen-bond donors (Lipinski definition) is 2. The summed E-state index contributed by atoms with van der Waals surface area (Å²) in [5.74, 6) is 3.17. The molecule has 1 aromatic heterocycles. The van der Waals surface area contributed by atoms with Gasteiger partial charge in [-0.05, 0) is 44.9 Å². The molecule has 1 heterocycles. The Balaban J connectivity index is 0.00000242. The van der Waals surface area contributed by atoms with E-state index < -0.39 is 0 Å². The van der Waals surface area contributed by atoms with Crippen molar-refractivity contribution in [1.82, 2.24) is 20.8 Å². The van der Waals surface area contributed by atoms with Crippen LogP contribution < -0.4 is 10.6 Å². The number of guanidine groups is 1. The van der Waals surface area contributed by atoms with Crippen molar-refractivity contribution in [3.63, 3.8) is 0 Å². The largest absolute Gasteiger partial charge is 0.356 e. The molecule has 0 unspecified atom stereocenters. The van der Waals surface area contributed by atoms with Gasteiger partial charge in [-0.3, -0.25) is 4.99 Å². The van der Waals surface area contributed by atoms with Crippen molar-refractivity contribution < 1.29 is 4.52 Å². The highest BCUT2D eigenvalue weighted by Gasteiger charge is 2.18. The first kappa shape index (κ1) is 19.2. The third-order valence-corrected chi connectivity index (χ3v) is 4.01. The molecule has 0 radical (unpaired) electrons. The van der Waals surface area contributed by atoms with Gasteiger partial charge < -0.3 is 15.2 Å². The van der Waals surface area contributed by atoms with E-state index in [1.54, 1.807) is 0 Å². The van der Waals surface area contributed by atoms with Crippen molar-refractivity contribution in [2.45, 2.75) is 58.4 Å². The Morgan fingerprint density at radius 1 is 1.32 bits per heavy atom. The van der Waals surface area contributed by atoms with E-state index in [4.69, 9.17) is 4.52 Å². The number of aliphatic imine (C=N–C) groups is 1. The molecule has 1 aliphatic carbocycles. The summed E-state index contributed by atoms with van der Waals surface area (Å²) in [6, 6.07) is 0.561. The van der Waals surface area contributed by atoms with Gasteiger partial charge in [0.25, 0.3) is 0 Å². The Morgan fingerprint density at radius 2 is 2.05 bits per heavy atom. The molecule has 0 aromatic carbocycles. The lowest BCUT2D eigenvalue weighted by atomic mass is 9.87. The fourth-order valence-electron chi connectivity index (χ4n) is 2.68. The topological polar surface area (TPSA) is 75.3 Å². The molecule has 0 spiro atoms. The molecule has 1 fully saturated rings. The highest BCUT2D eigenvalue weighted by Crippen LogP contribution is 2.23. The molecule has 7 heteroatoms. The summed E-state index contributed by atoms with van der Waals surface area (Å²) in [5.41, 5.74) is 0. The van der Waals surface area contributed by atoms with Crippen LogP contribution in [0.5, 0.6) is 0 Å². The molecular weight excluding hydrogens is 393 g/mol. The van der Waals surface area contributed by atoms with E-state index in [1.807, 2.05) is 14.0 Å². The molecule has 22 heavy (non-hydrogen) atoms. The van der Waals surface area contributed by atoms with E-state index in [2.05, 4.69) is 32.7 Å². The van der Waals surface area contributed by atoms with Gasteiger partial charge in [0, 0.05) is 26.1 Å². The second-order valence-corrected chi connectivity index (χ2v) is 5.94. The van der Waals surface area contributed by atoms with Crippen LogP contribution in [0.25, 0.3) is 0 Å². The fourth-order valence-corrected chi connectivity index (χ4v) is 2.68. The first-order chi connectivity index (χ1) is 10.2. The number of aryl methyl sites for hydroxylation is 2. The quantitative estimate of drug-likeness (QED) is 0.331. The summed E-state index contributed by atoms with van der Waals surface area (Å²) >= 11 is 0. The van der Waals surface area contributed by atoms with Crippen LogP contribution in [0.15, 0.2) is 9.52 Å². The maximum Gasteiger partial charge on any atom is 0.226 e. The molecule has 2 rings (SSSR count). The fraction of sp³-hybridized carbons (Fsp3) is 0.800. The van der Waals surface area contributed by atoms with E-state index in [0.717, 1.165) is 31.3 Å². The normalized spacial score (nSPS) is 22.0. The lowest BCUT2D eigenvalue weighted by Crippen LogP contribution is -2.45. The summed E-state index contributed by atoms with van der Waals surface area (Å²) in [4.78, 5) is 8.49. The van der Waals surface area contributed by atoms with Crippen molar-refractivity contribution in [3.05, 3.63) is 11.7 Å². The molecule has 2 N–H and O–H groups in total. The van der Waals surface area contributed by atoms with E-state index >= 15 is 0 Å². The van der Waals surface area contributed by atoms with Crippen molar-refractivity contribution in [1.29, 1.82) is 0 Å². The summed E-state index contributed by atoms with van der Waals surface area (Å²) < 4.78 is 5.09. The standard InChI is InChI=1S/C15H27N5O.HI/c1-11-6-8-13(9-7-11)19-15(16-3)17-10-4-5-14-18-12(2)20-21-14;/h11,13H,4-10H2,1-3H3,(H2,16,17,19);1H. The lowest BCUT2D eigenvalue weighted by molar-refractivity contribution is 0.329. The summed E-state index contributed by atoms with van der Waals surface area (Å²) in [7, 11) is 1.82. The van der Waals surface area contributed by atoms with E-state index in [1.165, 1.54) is 25.7 Å². The number of aromatic nitrogens is 2. The minimum Gasteiger partial charge on any atom is -0.356 e. The number of rotatable bonds is 5. The highest BCUT2D eigenvalue weighted by atomic mass is 127. The third kappa shape index (κ3) is 6.50. The molecule has 0 saturated heterocycles. The van der Waals surface area contributed by atoms with E-state index in [0.29, 0.717) is 17.8 Å². The molecule has 0 aliphatic heterocycles. The number of nitrogens with one attached hydrogen (secondary N) is 2. The Bertz CT molecular complexity index is 455. The van der Waals surface area contributed by atoms with Crippen molar-refractivity contribution >= 4 is 29.9 Å². The zero-order chi connectivity index (χ0) is 15.1. The Labute approximate surface area is 149 Å². The molecular formula is C15H28IN5O. The van der Waals surface area contributed by atoms with Gasteiger partial charge in [0.15, 0.2) is 11.8 Å². The second-order valence-electron chi connectivity index (χ2n) is 5.94. The molecule has 0 atom stereocenters. The van der Waals surface area contributed by atoms with Gasteiger partial charge in [0.2, 0.25) is 5.89 Å². The van der Waals surface area contributed by atoms with E-state index in [-0.39, 0.29) is 24.0 Å². The van der Waals surface area contributed by atoms with Crippen molar-refractivity contribution in [2.75, 3.05) is 13.6 Å². The van der Waals surface area contributed by atoms with Gasteiger partial charge in [0.1, 0.15) is 0 Å². The van der Waals surface area contributed by atoms with Gasteiger partial charge in [-0.25, -0.2) is 0 Å². The second kappa shape index (κ2) is 10.0. The van der Waals surface area contributed by atoms with Gasteiger partial charge in [-0.15, -0.1) is 24.0 Å². The van der Waals surface area contributed by atoms with Crippen LogP contribution in [0.1, 0.15) is 50.7 Å². The van der Waals surface area contributed by atoms with Gasteiger partial charge >= 0.3 is 0 Å². The van der Waals surface area contributed by atoms with Crippen LogP contribution in [0.2, 0.25) is 0 Å². The van der Waals surface area contributed by atoms with Crippen LogP contribution in [-0.2, 0) is 6.42 Å². The maximum atomic E-state index is 5.09. The monoisotopic (exact) mass is 421 g/mol. The van der Waals surface area contributed by atoms with Crippen LogP contribution in [0, 0.1) is 12.8 Å². The van der Waals surface area contributed by atoms with Crippen LogP contribution in [0.4, 0.5) is 0 Å². The molecule has 126 valence electrons. The molecule has 0 bridgehead atoms. The van der Waals surface area contributed by atoms with Crippen molar-refractivity contribution in [2.24, 2.45) is 10.9 Å². The minimum atomic E-state index is 0. The minimum absolute atomic E-state index is 0. The molecule has 6 nitrogen and oxygen atoms in total. The molecule has 1 saturated carbocycles.